The Morgan fingerprint density at radius 3 is 2.96 bits per heavy atom. The molecule has 0 saturated carbocycles. The van der Waals surface area contributed by atoms with Gasteiger partial charge in [0, 0.05) is 24.2 Å². The number of benzene rings is 1. The number of fused-ring (bicyclic) bond motifs is 4. The molecule has 0 spiro atoms. The van der Waals surface area contributed by atoms with Gasteiger partial charge in [-0.2, -0.15) is 0 Å². The van der Waals surface area contributed by atoms with Gasteiger partial charge in [0.2, 0.25) is 0 Å². The molecule has 1 aromatic heterocycles. The Labute approximate surface area is 151 Å². The van der Waals surface area contributed by atoms with E-state index in [2.05, 4.69) is 16.5 Å². The Hall–Kier alpha value is -2.44. The van der Waals surface area contributed by atoms with Crippen LogP contribution in [0.1, 0.15) is 24.5 Å². The molecule has 3 fully saturated rings. The van der Waals surface area contributed by atoms with Crippen LogP contribution >= 0.6 is 0 Å². The van der Waals surface area contributed by atoms with Gasteiger partial charge in [0.1, 0.15) is 5.75 Å². The quantitative estimate of drug-likeness (QED) is 0.498. The number of nitrogens with zero attached hydrogens (tertiary/aromatic N) is 2. The van der Waals surface area contributed by atoms with Crippen molar-refractivity contribution in [2.75, 3.05) is 13.1 Å². The van der Waals surface area contributed by atoms with Crippen LogP contribution < -0.4 is 4.74 Å². The van der Waals surface area contributed by atoms with E-state index < -0.39 is 12.3 Å². The zero-order valence-electron chi connectivity index (χ0n) is 14.4. The largest absolute Gasteiger partial charge is 0.511 e. The molecule has 2 aromatic rings. The Bertz CT molecular complexity index is 853. The number of carbonyl (C=O) groups is 1. The Morgan fingerprint density at radius 2 is 2.27 bits per heavy atom. The number of aromatic nitrogens is 1. The van der Waals surface area contributed by atoms with E-state index in [-0.39, 0.29) is 11.8 Å². The van der Waals surface area contributed by atoms with E-state index in [1.54, 1.807) is 24.4 Å². The zero-order chi connectivity index (χ0) is 18.3. The van der Waals surface area contributed by atoms with E-state index in [4.69, 9.17) is 9.84 Å². The van der Waals surface area contributed by atoms with Crippen molar-refractivity contribution < 1.29 is 19.7 Å². The van der Waals surface area contributed by atoms with E-state index in [0.29, 0.717) is 17.4 Å². The summed E-state index contributed by atoms with van der Waals surface area (Å²) in [4.78, 5) is 17.5. The molecule has 0 radical (unpaired) electrons. The number of ether oxygens (including phenoxy) is 1. The summed E-state index contributed by atoms with van der Waals surface area (Å²) in [5.41, 5.74) is 1.47. The maximum atomic E-state index is 11.1. The number of aliphatic hydroxyl groups excluding tert-OH is 1. The second-order valence-corrected chi connectivity index (χ2v) is 7.14. The topological polar surface area (TPSA) is 82.9 Å². The molecule has 26 heavy (non-hydrogen) atoms. The van der Waals surface area contributed by atoms with Gasteiger partial charge in [-0.3, -0.25) is 9.88 Å². The van der Waals surface area contributed by atoms with Crippen LogP contribution in [-0.2, 0) is 0 Å². The third-order valence-corrected chi connectivity index (χ3v) is 5.79. The second-order valence-electron chi connectivity index (χ2n) is 7.14. The Kier molecular flexibility index (Phi) is 4.38. The SMILES string of the molecule is C=C[C@H]1CN2CC[C@H]1C[C@H]2[C@H](O)c1ccnc2ccc(OC(=O)O)cc12. The van der Waals surface area contributed by atoms with Crippen molar-refractivity contribution in [3.63, 3.8) is 0 Å². The van der Waals surface area contributed by atoms with Crippen LogP contribution in [0.4, 0.5) is 4.79 Å². The minimum atomic E-state index is -1.36. The highest BCUT2D eigenvalue weighted by Gasteiger charge is 2.42. The first kappa shape index (κ1) is 17.0. The predicted molar refractivity (Wildman–Crippen MR) is 97.1 cm³/mol. The molecule has 1 unspecified atom stereocenters. The van der Waals surface area contributed by atoms with Gasteiger partial charge in [-0.1, -0.05) is 6.08 Å². The van der Waals surface area contributed by atoms with Crippen molar-refractivity contribution in [1.82, 2.24) is 9.88 Å². The summed E-state index contributed by atoms with van der Waals surface area (Å²) in [6, 6.07) is 6.79. The first-order valence-corrected chi connectivity index (χ1v) is 8.91. The maximum absolute atomic E-state index is 11.1. The van der Waals surface area contributed by atoms with Gasteiger partial charge >= 0.3 is 6.16 Å². The third-order valence-electron chi connectivity index (χ3n) is 5.79. The van der Waals surface area contributed by atoms with E-state index in [1.165, 1.54) is 0 Å². The summed E-state index contributed by atoms with van der Waals surface area (Å²) >= 11 is 0. The number of aliphatic hydroxyl groups is 1. The van der Waals surface area contributed by atoms with Gasteiger partial charge in [0.25, 0.3) is 0 Å². The number of carboxylic acid groups (broad SMARTS) is 1. The normalized spacial score (nSPS) is 28.7. The fraction of sp³-hybridized carbons (Fsp3) is 0.400. The molecule has 2 bridgehead atoms. The summed E-state index contributed by atoms with van der Waals surface area (Å²) < 4.78 is 4.77. The molecule has 136 valence electrons. The van der Waals surface area contributed by atoms with Gasteiger partial charge in [0.15, 0.2) is 0 Å². The highest BCUT2D eigenvalue weighted by atomic mass is 16.7. The summed E-state index contributed by atoms with van der Waals surface area (Å²) in [5.74, 6) is 1.29. The van der Waals surface area contributed by atoms with Crippen LogP contribution in [0.15, 0.2) is 43.1 Å². The van der Waals surface area contributed by atoms with E-state index in [0.717, 1.165) is 36.9 Å². The lowest BCUT2D eigenvalue weighted by atomic mass is 9.73. The van der Waals surface area contributed by atoms with Gasteiger partial charge in [-0.25, -0.2) is 4.79 Å². The highest BCUT2D eigenvalue weighted by Crippen LogP contribution is 2.42. The number of pyridine rings is 1. The zero-order valence-corrected chi connectivity index (χ0v) is 14.4. The molecular formula is C20H22N2O4. The Balaban J connectivity index is 1.67. The second kappa shape index (κ2) is 6.70. The summed E-state index contributed by atoms with van der Waals surface area (Å²) in [5, 5.41) is 20.7. The molecule has 2 N–H and O–H groups in total. The first-order valence-electron chi connectivity index (χ1n) is 8.91. The summed E-state index contributed by atoms with van der Waals surface area (Å²) in [7, 11) is 0. The van der Waals surface area contributed by atoms with Crippen molar-refractivity contribution >= 4 is 17.1 Å². The monoisotopic (exact) mass is 354 g/mol. The standard InChI is InChI=1S/C20H22N2O4/c1-2-12-11-22-8-6-13(12)9-18(22)19(23)15-5-7-21-17-4-3-14(10-16(15)17)26-20(24)25/h2-5,7,10,12-13,18-19,23H,1,6,8-9,11H2,(H,24,25)/t12-,13-,18-,19+/m0/s1. The molecule has 4 heterocycles. The molecule has 6 nitrogen and oxygen atoms in total. The molecular weight excluding hydrogens is 332 g/mol. The highest BCUT2D eigenvalue weighted by molar-refractivity contribution is 5.84. The number of hydrogen-bond donors (Lipinski definition) is 2. The van der Waals surface area contributed by atoms with Crippen LogP contribution in [0, 0.1) is 11.8 Å². The van der Waals surface area contributed by atoms with E-state index in [9.17, 15) is 9.90 Å². The number of rotatable bonds is 4. The maximum Gasteiger partial charge on any atom is 0.511 e. The van der Waals surface area contributed by atoms with E-state index >= 15 is 0 Å². The van der Waals surface area contributed by atoms with Crippen LogP contribution in [0.2, 0.25) is 0 Å². The smallest absolute Gasteiger partial charge is 0.449 e. The van der Waals surface area contributed by atoms with Gasteiger partial charge in [0.05, 0.1) is 11.6 Å². The minimum Gasteiger partial charge on any atom is -0.449 e. The molecule has 5 atom stereocenters. The lowest BCUT2D eigenvalue weighted by Gasteiger charge is -2.50. The predicted octanol–water partition coefficient (Wildman–Crippen LogP) is 3.22. The number of piperidine rings is 3. The summed E-state index contributed by atoms with van der Waals surface area (Å²) in [6.45, 7) is 5.88. The molecule has 5 rings (SSSR count). The van der Waals surface area contributed by atoms with Crippen LogP contribution in [0.25, 0.3) is 10.9 Å². The van der Waals surface area contributed by atoms with Gasteiger partial charge in [-0.05, 0) is 61.1 Å². The fourth-order valence-corrected chi connectivity index (χ4v) is 4.48. The lowest BCUT2D eigenvalue weighted by molar-refractivity contribution is -0.0444. The van der Waals surface area contributed by atoms with Gasteiger partial charge < -0.3 is 14.9 Å². The molecule has 1 aromatic carbocycles. The van der Waals surface area contributed by atoms with Crippen molar-refractivity contribution in [1.29, 1.82) is 0 Å². The van der Waals surface area contributed by atoms with Crippen LogP contribution in [0.3, 0.4) is 0 Å². The average Bonchev–Trinajstić information content (AvgIpc) is 2.66. The first-order chi connectivity index (χ1) is 12.6. The summed E-state index contributed by atoms with van der Waals surface area (Å²) in [6.07, 6.45) is 3.79. The number of hydrogen-bond acceptors (Lipinski definition) is 5. The molecule has 3 saturated heterocycles. The van der Waals surface area contributed by atoms with Crippen LogP contribution in [0.5, 0.6) is 5.75 Å². The van der Waals surface area contributed by atoms with Crippen molar-refractivity contribution in [3.8, 4) is 5.75 Å². The van der Waals surface area contributed by atoms with Crippen molar-refractivity contribution in [2.24, 2.45) is 11.8 Å². The molecule has 6 heteroatoms. The van der Waals surface area contributed by atoms with E-state index in [1.807, 2.05) is 12.1 Å². The van der Waals surface area contributed by atoms with Crippen LogP contribution in [-0.4, -0.2) is 45.4 Å². The molecule has 0 amide bonds. The molecule has 3 aliphatic heterocycles. The Morgan fingerprint density at radius 1 is 1.42 bits per heavy atom. The average molecular weight is 354 g/mol. The molecule has 3 aliphatic rings. The third kappa shape index (κ3) is 2.95. The van der Waals surface area contributed by atoms with Gasteiger partial charge in [-0.15, -0.1) is 6.58 Å². The lowest BCUT2D eigenvalue weighted by Crippen LogP contribution is -2.54. The van der Waals surface area contributed by atoms with Crippen molar-refractivity contribution in [3.05, 3.63) is 48.7 Å². The minimum absolute atomic E-state index is 0.0552. The van der Waals surface area contributed by atoms with Crippen molar-refractivity contribution in [2.45, 2.75) is 25.0 Å². The fourth-order valence-electron chi connectivity index (χ4n) is 4.48. The molecule has 0 aliphatic carbocycles.